The molecule has 22 heavy (non-hydrogen) atoms. The summed E-state index contributed by atoms with van der Waals surface area (Å²) in [4.78, 5) is 22.3. The molecule has 2 aliphatic heterocycles. The van der Waals surface area contributed by atoms with Crippen molar-refractivity contribution in [3.05, 3.63) is 18.5 Å². The molecule has 0 radical (unpaired) electrons. The summed E-state index contributed by atoms with van der Waals surface area (Å²) in [5.74, 6) is 0.617. The average molecular weight is 305 g/mol. The van der Waals surface area contributed by atoms with Crippen molar-refractivity contribution in [2.45, 2.75) is 44.8 Å². The van der Waals surface area contributed by atoms with Gasteiger partial charge < -0.3 is 14.4 Å². The highest BCUT2D eigenvalue weighted by Crippen LogP contribution is 2.36. The summed E-state index contributed by atoms with van der Waals surface area (Å²) in [6, 6.07) is 2.15. The molecule has 6 nitrogen and oxygen atoms in total. The molecular formula is C16H23N3O3. The van der Waals surface area contributed by atoms with Gasteiger partial charge in [0.05, 0.1) is 12.2 Å². The van der Waals surface area contributed by atoms with Crippen LogP contribution in [-0.4, -0.2) is 52.2 Å². The molecule has 0 aromatic carbocycles. The first-order valence-electron chi connectivity index (χ1n) is 7.92. The molecule has 1 amide bonds. The second kappa shape index (κ2) is 6.20. The van der Waals surface area contributed by atoms with E-state index in [-0.39, 0.29) is 17.6 Å². The van der Waals surface area contributed by atoms with Gasteiger partial charge in [-0.25, -0.2) is 9.97 Å². The van der Waals surface area contributed by atoms with Crippen LogP contribution >= 0.6 is 0 Å². The van der Waals surface area contributed by atoms with E-state index in [9.17, 15) is 4.79 Å². The van der Waals surface area contributed by atoms with Gasteiger partial charge in [0, 0.05) is 38.3 Å². The first-order chi connectivity index (χ1) is 10.6. The molecule has 1 aromatic rings. The third-order valence-electron chi connectivity index (χ3n) is 4.24. The van der Waals surface area contributed by atoms with Gasteiger partial charge >= 0.3 is 6.01 Å². The summed E-state index contributed by atoms with van der Waals surface area (Å²) in [6.07, 6.45) is 5.56. The summed E-state index contributed by atoms with van der Waals surface area (Å²) in [7, 11) is 0. The fraction of sp³-hybridized carbons (Fsp3) is 0.688. The van der Waals surface area contributed by atoms with E-state index in [2.05, 4.69) is 23.8 Å². The predicted octanol–water partition coefficient (Wildman–Crippen LogP) is 1.66. The molecule has 1 spiro atoms. The van der Waals surface area contributed by atoms with Gasteiger partial charge in [0.15, 0.2) is 0 Å². The van der Waals surface area contributed by atoms with Crippen LogP contribution in [0.1, 0.15) is 33.1 Å². The van der Waals surface area contributed by atoms with E-state index in [4.69, 9.17) is 9.47 Å². The Labute approximate surface area is 130 Å². The van der Waals surface area contributed by atoms with Crippen LogP contribution in [0.15, 0.2) is 18.5 Å². The predicted molar refractivity (Wildman–Crippen MR) is 80.4 cm³/mol. The maximum absolute atomic E-state index is 12.2. The van der Waals surface area contributed by atoms with Gasteiger partial charge in [-0.05, 0) is 18.4 Å². The van der Waals surface area contributed by atoms with Crippen molar-refractivity contribution in [1.82, 2.24) is 14.9 Å². The molecule has 120 valence electrons. The van der Waals surface area contributed by atoms with Crippen molar-refractivity contribution in [3.63, 3.8) is 0 Å². The van der Waals surface area contributed by atoms with E-state index in [0.717, 1.165) is 19.4 Å². The van der Waals surface area contributed by atoms with Gasteiger partial charge in [-0.2, -0.15) is 0 Å². The van der Waals surface area contributed by atoms with Gasteiger partial charge in [0.25, 0.3) is 0 Å². The lowest BCUT2D eigenvalue weighted by Crippen LogP contribution is -2.36. The maximum atomic E-state index is 12.2. The molecule has 0 aliphatic carbocycles. The zero-order valence-corrected chi connectivity index (χ0v) is 13.2. The Bertz CT molecular complexity index is 523. The van der Waals surface area contributed by atoms with Crippen LogP contribution < -0.4 is 4.74 Å². The number of carbonyl (C=O) groups excluding carboxylic acids is 1. The summed E-state index contributed by atoms with van der Waals surface area (Å²) < 4.78 is 11.8. The third-order valence-corrected chi connectivity index (χ3v) is 4.24. The second-order valence-corrected chi connectivity index (χ2v) is 6.63. The Morgan fingerprint density at radius 3 is 3.00 bits per heavy atom. The quantitative estimate of drug-likeness (QED) is 0.846. The van der Waals surface area contributed by atoms with Crippen LogP contribution in [0.5, 0.6) is 6.01 Å². The van der Waals surface area contributed by atoms with Crippen LogP contribution in [0.25, 0.3) is 0 Å². The molecule has 6 heteroatoms. The van der Waals surface area contributed by atoms with Crippen molar-refractivity contribution in [3.8, 4) is 6.01 Å². The van der Waals surface area contributed by atoms with E-state index < -0.39 is 0 Å². The van der Waals surface area contributed by atoms with Crippen molar-refractivity contribution in [2.75, 3.05) is 19.7 Å². The highest BCUT2D eigenvalue weighted by molar-refractivity contribution is 5.76. The zero-order chi connectivity index (χ0) is 15.6. The maximum Gasteiger partial charge on any atom is 0.316 e. The van der Waals surface area contributed by atoms with E-state index in [1.54, 1.807) is 18.5 Å². The smallest absolute Gasteiger partial charge is 0.316 e. The van der Waals surface area contributed by atoms with Gasteiger partial charge in [-0.3, -0.25) is 4.79 Å². The molecule has 3 rings (SSSR count). The number of nitrogens with zero attached hydrogens (tertiary/aromatic N) is 3. The number of ether oxygens (including phenoxy) is 2. The molecule has 3 heterocycles. The number of rotatable bonds is 4. The summed E-state index contributed by atoms with van der Waals surface area (Å²) in [5, 5.41) is 0. The lowest BCUT2D eigenvalue weighted by atomic mass is 9.98. The molecule has 2 fully saturated rings. The lowest BCUT2D eigenvalue weighted by Gasteiger charge is -2.23. The van der Waals surface area contributed by atoms with Crippen LogP contribution in [0.4, 0.5) is 0 Å². The van der Waals surface area contributed by atoms with Gasteiger partial charge in [0.1, 0.15) is 6.10 Å². The average Bonchev–Trinajstić information content (AvgIpc) is 3.07. The zero-order valence-electron chi connectivity index (χ0n) is 13.2. The molecular weight excluding hydrogens is 282 g/mol. The van der Waals surface area contributed by atoms with E-state index in [1.807, 2.05) is 4.90 Å². The van der Waals surface area contributed by atoms with E-state index in [1.165, 1.54) is 0 Å². The summed E-state index contributed by atoms with van der Waals surface area (Å²) in [6.45, 7) is 6.12. The number of carbonyl (C=O) groups is 1. The number of amides is 1. The Morgan fingerprint density at radius 1 is 1.50 bits per heavy atom. The SMILES string of the molecule is CC(C)CC(=O)N1CC[C@@]2(C[C@H](Oc3ncccn3)CO2)C1. The van der Waals surface area contributed by atoms with Crippen LogP contribution in [0.2, 0.25) is 0 Å². The minimum atomic E-state index is -0.244. The molecule has 2 atom stereocenters. The number of hydrogen-bond acceptors (Lipinski definition) is 5. The molecule has 0 N–H and O–H groups in total. The summed E-state index contributed by atoms with van der Waals surface area (Å²) in [5.41, 5.74) is -0.244. The number of hydrogen-bond donors (Lipinski definition) is 0. The van der Waals surface area contributed by atoms with Crippen LogP contribution in [-0.2, 0) is 9.53 Å². The topological polar surface area (TPSA) is 64.6 Å². The van der Waals surface area contributed by atoms with Crippen LogP contribution in [0, 0.1) is 5.92 Å². The molecule has 1 aromatic heterocycles. The Balaban J connectivity index is 1.55. The fourth-order valence-electron chi connectivity index (χ4n) is 3.19. The second-order valence-electron chi connectivity index (χ2n) is 6.63. The largest absolute Gasteiger partial charge is 0.458 e. The van der Waals surface area contributed by atoms with Gasteiger partial charge in [-0.15, -0.1) is 0 Å². The highest BCUT2D eigenvalue weighted by Gasteiger charge is 2.47. The first kappa shape index (κ1) is 15.2. The molecule has 0 bridgehead atoms. The van der Waals surface area contributed by atoms with Gasteiger partial charge in [0.2, 0.25) is 5.91 Å². The minimum Gasteiger partial charge on any atom is -0.458 e. The van der Waals surface area contributed by atoms with Crippen molar-refractivity contribution < 1.29 is 14.3 Å². The normalized spacial score (nSPS) is 27.8. The molecule has 2 aliphatic rings. The minimum absolute atomic E-state index is 0.0393. The Kier molecular flexibility index (Phi) is 4.29. The lowest BCUT2D eigenvalue weighted by molar-refractivity contribution is -0.132. The fourth-order valence-corrected chi connectivity index (χ4v) is 3.19. The number of likely N-dealkylation sites (tertiary alicyclic amines) is 1. The third kappa shape index (κ3) is 3.38. The van der Waals surface area contributed by atoms with Gasteiger partial charge in [-0.1, -0.05) is 13.8 Å². The molecule has 0 saturated carbocycles. The number of aromatic nitrogens is 2. The molecule has 0 unspecified atom stereocenters. The summed E-state index contributed by atoms with van der Waals surface area (Å²) >= 11 is 0. The monoisotopic (exact) mass is 305 g/mol. The van der Waals surface area contributed by atoms with Crippen LogP contribution in [0.3, 0.4) is 0 Å². The Hall–Kier alpha value is -1.69. The molecule has 2 saturated heterocycles. The first-order valence-corrected chi connectivity index (χ1v) is 7.92. The van der Waals surface area contributed by atoms with Crippen molar-refractivity contribution >= 4 is 5.91 Å². The Morgan fingerprint density at radius 2 is 2.27 bits per heavy atom. The van der Waals surface area contributed by atoms with Crippen molar-refractivity contribution in [2.24, 2.45) is 5.92 Å². The highest BCUT2D eigenvalue weighted by atomic mass is 16.6. The van der Waals surface area contributed by atoms with E-state index in [0.29, 0.717) is 31.5 Å². The van der Waals surface area contributed by atoms with E-state index >= 15 is 0 Å². The standard InChI is InChI=1S/C16H23N3O3/c1-12(2)8-14(20)19-7-4-16(11-19)9-13(10-21-16)22-15-17-5-3-6-18-15/h3,5-6,12-13H,4,7-11H2,1-2H3/t13-,16+/m0/s1. The van der Waals surface area contributed by atoms with Crippen molar-refractivity contribution in [1.29, 1.82) is 0 Å².